The molecule has 32 heavy (non-hydrogen) atoms. The molecule has 162 valence electrons. The van der Waals surface area contributed by atoms with E-state index in [2.05, 4.69) is 87.2 Å². The van der Waals surface area contributed by atoms with Gasteiger partial charge in [0.25, 0.3) is 0 Å². The van der Waals surface area contributed by atoms with Gasteiger partial charge in [0, 0.05) is 11.1 Å². The number of allylic oxidation sites excluding steroid dienone is 1. The van der Waals surface area contributed by atoms with Crippen LogP contribution in [0.25, 0.3) is 11.1 Å². The van der Waals surface area contributed by atoms with E-state index in [0.29, 0.717) is 0 Å². The van der Waals surface area contributed by atoms with E-state index in [1.807, 2.05) is 19.1 Å². The highest BCUT2D eigenvalue weighted by Crippen LogP contribution is 2.28. The maximum Gasteiger partial charge on any atom is 0.151 e. The van der Waals surface area contributed by atoms with Crippen molar-refractivity contribution in [2.75, 3.05) is 0 Å². The molecule has 3 rings (SSSR count). The van der Waals surface area contributed by atoms with Crippen LogP contribution in [0.2, 0.25) is 0 Å². The summed E-state index contributed by atoms with van der Waals surface area (Å²) in [5.74, 6) is 0.251. The standard InChI is InChI=1S/C30H32N2/c1-5-23-16-18-24(19-17-23)20-21-28(32-30(31)25(6-2)7-3)29-22(4)12-11-15-27(29)26-13-9-8-10-14-26/h6-19,31H,2,5,20-21H2,1,3-4H3/b25-7+,31-30?,32-28?. The van der Waals surface area contributed by atoms with Gasteiger partial charge >= 0.3 is 0 Å². The Bertz CT molecular complexity index is 1130. The third-order valence-electron chi connectivity index (χ3n) is 5.78. The Balaban J connectivity index is 2.06. The van der Waals surface area contributed by atoms with E-state index in [1.54, 1.807) is 6.08 Å². The van der Waals surface area contributed by atoms with Crippen molar-refractivity contribution < 1.29 is 0 Å². The maximum absolute atomic E-state index is 8.58. The summed E-state index contributed by atoms with van der Waals surface area (Å²) in [5, 5.41) is 8.58. The number of nitrogens with zero attached hydrogens (tertiary/aromatic N) is 1. The molecule has 0 unspecified atom stereocenters. The van der Waals surface area contributed by atoms with Gasteiger partial charge in [-0.1, -0.05) is 98.5 Å². The van der Waals surface area contributed by atoms with Gasteiger partial charge in [0.05, 0.1) is 5.71 Å². The number of nitrogens with one attached hydrogen (secondary N) is 1. The lowest BCUT2D eigenvalue weighted by Crippen LogP contribution is -2.11. The van der Waals surface area contributed by atoms with E-state index in [1.165, 1.54) is 16.7 Å². The summed E-state index contributed by atoms with van der Waals surface area (Å²) in [6.07, 6.45) is 6.25. The van der Waals surface area contributed by atoms with Gasteiger partial charge < -0.3 is 0 Å². The zero-order valence-corrected chi connectivity index (χ0v) is 19.4. The first-order valence-corrected chi connectivity index (χ1v) is 11.3. The van der Waals surface area contributed by atoms with Crippen molar-refractivity contribution in [2.24, 2.45) is 4.99 Å². The van der Waals surface area contributed by atoms with E-state index < -0.39 is 0 Å². The van der Waals surface area contributed by atoms with E-state index in [4.69, 9.17) is 10.4 Å². The first-order valence-electron chi connectivity index (χ1n) is 11.3. The average molecular weight is 421 g/mol. The Morgan fingerprint density at radius 2 is 1.62 bits per heavy atom. The van der Waals surface area contributed by atoms with Crippen LogP contribution in [0.5, 0.6) is 0 Å². The fraction of sp³-hybridized carbons (Fsp3) is 0.200. The van der Waals surface area contributed by atoms with Crippen LogP contribution in [0.1, 0.15) is 42.5 Å². The van der Waals surface area contributed by atoms with Gasteiger partial charge in [-0.05, 0) is 60.9 Å². The van der Waals surface area contributed by atoms with E-state index in [0.717, 1.165) is 47.2 Å². The number of hydrogen-bond acceptors (Lipinski definition) is 1. The summed E-state index contributed by atoms with van der Waals surface area (Å²) in [4.78, 5) is 4.84. The maximum atomic E-state index is 8.58. The molecule has 0 aliphatic heterocycles. The lowest BCUT2D eigenvalue weighted by atomic mass is 9.90. The first-order chi connectivity index (χ1) is 15.6. The van der Waals surface area contributed by atoms with Crippen LogP contribution < -0.4 is 0 Å². The monoisotopic (exact) mass is 420 g/mol. The van der Waals surface area contributed by atoms with Gasteiger partial charge in [-0.3, -0.25) is 5.41 Å². The highest BCUT2D eigenvalue weighted by molar-refractivity contribution is 6.15. The largest absolute Gasteiger partial charge is 0.282 e. The quantitative estimate of drug-likeness (QED) is 0.220. The molecule has 0 bridgehead atoms. The second-order valence-electron chi connectivity index (χ2n) is 7.89. The number of aryl methyl sites for hydroxylation is 3. The third-order valence-corrected chi connectivity index (χ3v) is 5.78. The van der Waals surface area contributed by atoms with Crippen LogP contribution in [0, 0.1) is 12.3 Å². The van der Waals surface area contributed by atoms with Crippen LogP contribution in [0.3, 0.4) is 0 Å². The van der Waals surface area contributed by atoms with Gasteiger partial charge in [0.15, 0.2) is 5.84 Å². The van der Waals surface area contributed by atoms with Gasteiger partial charge in [0.1, 0.15) is 0 Å². The minimum atomic E-state index is 0.251. The van der Waals surface area contributed by atoms with Crippen molar-refractivity contribution in [3.8, 4) is 11.1 Å². The van der Waals surface area contributed by atoms with Crippen molar-refractivity contribution in [1.29, 1.82) is 5.41 Å². The predicted molar refractivity (Wildman–Crippen MR) is 139 cm³/mol. The molecular formula is C30H32N2. The van der Waals surface area contributed by atoms with Crippen molar-refractivity contribution in [2.45, 2.75) is 40.0 Å². The number of hydrogen-bond donors (Lipinski definition) is 1. The van der Waals surface area contributed by atoms with E-state index in [-0.39, 0.29) is 5.84 Å². The zero-order chi connectivity index (χ0) is 22.9. The minimum absolute atomic E-state index is 0.251. The minimum Gasteiger partial charge on any atom is -0.282 e. The van der Waals surface area contributed by atoms with Crippen molar-refractivity contribution in [3.05, 3.63) is 119 Å². The summed E-state index contributed by atoms with van der Waals surface area (Å²) in [5.41, 5.74) is 8.90. The molecule has 0 fully saturated rings. The number of amidine groups is 1. The van der Waals surface area contributed by atoms with Gasteiger partial charge in [-0.2, -0.15) is 0 Å². The fourth-order valence-electron chi connectivity index (χ4n) is 3.90. The van der Waals surface area contributed by atoms with Gasteiger partial charge in [0.2, 0.25) is 0 Å². The summed E-state index contributed by atoms with van der Waals surface area (Å²) in [6, 6.07) is 25.6. The number of benzene rings is 3. The molecule has 0 aromatic heterocycles. The van der Waals surface area contributed by atoms with Crippen LogP contribution in [0.15, 0.2) is 102 Å². The summed E-state index contributed by atoms with van der Waals surface area (Å²) < 4.78 is 0. The Morgan fingerprint density at radius 3 is 2.25 bits per heavy atom. The third kappa shape index (κ3) is 5.59. The molecule has 0 saturated heterocycles. The van der Waals surface area contributed by atoms with Crippen molar-refractivity contribution in [3.63, 3.8) is 0 Å². The molecule has 1 N–H and O–H groups in total. The Hall–Kier alpha value is -3.52. The smallest absolute Gasteiger partial charge is 0.151 e. The first kappa shape index (κ1) is 23.1. The Kier molecular flexibility index (Phi) is 8.10. The average Bonchev–Trinajstić information content (AvgIpc) is 2.83. The Labute approximate surface area is 192 Å². The topological polar surface area (TPSA) is 36.2 Å². The molecule has 3 aromatic carbocycles. The second kappa shape index (κ2) is 11.2. The molecule has 0 aliphatic carbocycles. The molecule has 0 spiro atoms. The lowest BCUT2D eigenvalue weighted by molar-refractivity contribution is 1.03. The normalized spacial score (nSPS) is 12.0. The van der Waals surface area contributed by atoms with Crippen LogP contribution in [0.4, 0.5) is 0 Å². The molecule has 2 nitrogen and oxygen atoms in total. The van der Waals surface area contributed by atoms with E-state index in [9.17, 15) is 0 Å². The second-order valence-corrected chi connectivity index (χ2v) is 7.89. The summed E-state index contributed by atoms with van der Waals surface area (Å²) in [7, 11) is 0. The summed E-state index contributed by atoms with van der Waals surface area (Å²) in [6.45, 7) is 10.1. The van der Waals surface area contributed by atoms with Crippen LogP contribution in [-0.2, 0) is 12.8 Å². The Morgan fingerprint density at radius 1 is 0.938 bits per heavy atom. The predicted octanol–water partition coefficient (Wildman–Crippen LogP) is 7.76. The fourth-order valence-corrected chi connectivity index (χ4v) is 3.90. The summed E-state index contributed by atoms with van der Waals surface area (Å²) >= 11 is 0. The molecule has 0 saturated carbocycles. The molecule has 0 aliphatic rings. The van der Waals surface area contributed by atoms with Gasteiger partial charge in [-0.25, -0.2) is 4.99 Å². The molecule has 0 radical (unpaired) electrons. The molecule has 0 atom stereocenters. The van der Waals surface area contributed by atoms with Crippen LogP contribution >= 0.6 is 0 Å². The van der Waals surface area contributed by atoms with Crippen molar-refractivity contribution >= 4 is 11.5 Å². The zero-order valence-electron chi connectivity index (χ0n) is 19.4. The SMILES string of the molecule is C=C/C(=C\C)C(=N)N=C(CCc1ccc(CC)cc1)c1c(C)cccc1-c1ccccc1. The number of rotatable bonds is 8. The van der Waals surface area contributed by atoms with Crippen molar-refractivity contribution in [1.82, 2.24) is 0 Å². The number of aliphatic imine (C=N–C) groups is 1. The molecule has 3 aromatic rings. The molecular weight excluding hydrogens is 388 g/mol. The molecule has 0 heterocycles. The lowest BCUT2D eigenvalue weighted by Gasteiger charge is -2.16. The van der Waals surface area contributed by atoms with Gasteiger partial charge in [-0.15, -0.1) is 0 Å². The molecule has 0 amide bonds. The highest BCUT2D eigenvalue weighted by Gasteiger charge is 2.15. The highest BCUT2D eigenvalue weighted by atomic mass is 14.8. The molecule has 2 heteroatoms. The van der Waals surface area contributed by atoms with E-state index >= 15 is 0 Å². The van der Waals surface area contributed by atoms with Crippen LogP contribution in [-0.4, -0.2) is 11.5 Å².